The Kier molecular flexibility index (Phi) is 6.43. The van der Waals surface area contributed by atoms with Crippen LogP contribution in [0.3, 0.4) is 0 Å². The first-order valence-electron chi connectivity index (χ1n) is 7.39. The van der Waals surface area contributed by atoms with Crippen LogP contribution >= 0.6 is 15.9 Å². The number of benzene rings is 2. The Labute approximate surface area is 135 Å². The minimum atomic E-state index is -0.460. The van der Waals surface area contributed by atoms with Crippen molar-refractivity contribution in [3.63, 3.8) is 0 Å². The molecule has 0 saturated heterocycles. The second-order valence-corrected chi connectivity index (χ2v) is 6.21. The summed E-state index contributed by atoms with van der Waals surface area (Å²) in [5, 5.41) is 10.5. The molecule has 0 aliphatic heterocycles. The Balaban J connectivity index is 2.02. The summed E-state index contributed by atoms with van der Waals surface area (Å²) < 4.78 is 1.00. The Morgan fingerprint density at radius 1 is 1.10 bits per heavy atom. The summed E-state index contributed by atoms with van der Waals surface area (Å²) in [4.78, 5) is 2.31. The van der Waals surface area contributed by atoms with Gasteiger partial charge in [-0.1, -0.05) is 65.3 Å². The average molecular weight is 348 g/mol. The van der Waals surface area contributed by atoms with Crippen LogP contribution in [-0.4, -0.2) is 23.1 Å². The van der Waals surface area contributed by atoms with E-state index in [1.165, 1.54) is 5.56 Å². The summed E-state index contributed by atoms with van der Waals surface area (Å²) in [6.45, 7) is 4.68. The van der Waals surface area contributed by atoms with Crippen LogP contribution in [0.15, 0.2) is 59.1 Å². The van der Waals surface area contributed by atoms with Crippen molar-refractivity contribution in [2.45, 2.75) is 26.0 Å². The Bertz CT molecular complexity index is 544. The van der Waals surface area contributed by atoms with Gasteiger partial charge in [-0.05, 0) is 36.2 Å². The molecule has 21 heavy (non-hydrogen) atoms. The molecule has 0 heterocycles. The van der Waals surface area contributed by atoms with E-state index in [4.69, 9.17) is 0 Å². The normalized spacial score (nSPS) is 12.6. The van der Waals surface area contributed by atoms with Gasteiger partial charge in [-0.25, -0.2) is 0 Å². The third-order valence-corrected chi connectivity index (χ3v) is 3.95. The van der Waals surface area contributed by atoms with Crippen LogP contribution < -0.4 is 0 Å². The predicted octanol–water partition coefficient (Wildman–Crippen LogP) is 4.39. The van der Waals surface area contributed by atoms with Gasteiger partial charge in [-0.3, -0.25) is 4.90 Å². The van der Waals surface area contributed by atoms with Crippen molar-refractivity contribution in [1.82, 2.24) is 4.90 Å². The van der Waals surface area contributed by atoms with Crippen molar-refractivity contribution in [3.05, 3.63) is 70.2 Å². The molecule has 2 aromatic rings. The SMILES string of the molecule is CCCN(Cc1ccccc1)C[C@H](O)c1cccc(Br)c1. The molecule has 0 aromatic heterocycles. The monoisotopic (exact) mass is 347 g/mol. The predicted molar refractivity (Wildman–Crippen MR) is 91.1 cm³/mol. The first kappa shape index (κ1) is 16.2. The Hall–Kier alpha value is -1.16. The number of hydrogen-bond donors (Lipinski definition) is 1. The van der Waals surface area contributed by atoms with E-state index in [-0.39, 0.29) is 0 Å². The summed E-state index contributed by atoms with van der Waals surface area (Å²) in [6.07, 6.45) is 0.621. The maximum atomic E-state index is 10.5. The molecule has 3 heteroatoms. The van der Waals surface area contributed by atoms with Crippen molar-refractivity contribution in [2.75, 3.05) is 13.1 Å². The summed E-state index contributed by atoms with van der Waals surface area (Å²) in [7, 11) is 0. The number of aliphatic hydroxyl groups excluding tert-OH is 1. The zero-order valence-electron chi connectivity index (χ0n) is 12.4. The summed E-state index contributed by atoms with van der Waals surface area (Å²) >= 11 is 3.46. The van der Waals surface area contributed by atoms with Crippen molar-refractivity contribution >= 4 is 15.9 Å². The Morgan fingerprint density at radius 2 is 1.86 bits per heavy atom. The van der Waals surface area contributed by atoms with E-state index in [9.17, 15) is 5.11 Å². The van der Waals surface area contributed by atoms with Crippen LogP contribution in [0.5, 0.6) is 0 Å². The van der Waals surface area contributed by atoms with E-state index in [0.29, 0.717) is 6.54 Å². The average Bonchev–Trinajstić information content (AvgIpc) is 2.48. The smallest absolute Gasteiger partial charge is 0.0917 e. The second kappa shape index (κ2) is 8.32. The molecule has 1 atom stereocenters. The molecule has 112 valence electrons. The molecule has 1 N–H and O–H groups in total. The zero-order valence-corrected chi connectivity index (χ0v) is 14.0. The number of rotatable bonds is 7. The van der Waals surface area contributed by atoms with Gasteiger partial charge in [-0.15, -0.1) is 0 Å². The molecule has 0 bridgehead atoms. The van der Waals surface area contributed by atoms with Crippen LogP contribution in [-0.2, 0) is 6.54 Å². The summed E-state index contributed by atoms with van der Waals surface area (Å²) in [6, 6.07) is 18.3. The van der Waals surface area contributed by atoms with E-state index < -0.39 is 6.10 Å². The highest BCUT2D eigenvalue weighted by atomic mass is 79.9. The third kappa shape index (κ3) is 5.27. The lowest BCUT2D eigenvalue weighted by atomic mass is 10.1. The number of halogens is 1. The van der Waals surface area contributed by atoms with Gasteiger partial charge < -0.3 is 5.11 Å². The molecule has 0 unspecified atom stereocenters. The van der Waals surface area contributed by atoms with E-state index in [1.807, 2.05) is 30.3 Å². The van der Waals surface area contributed by atoms with Crippen LogP contribution in [0.2, 0.25) is 0 Å². The molecule has 0 saturated carbocycles. The fourth-order valence-corrected chi connectivity index (χ4v) is 2.87. The van der Waals surface area contributed by atoms with E-state index in [2.05, 4.69) is 52.0 Å². The molecule has 0 radical (unpaired) electrons. The highest BCUT2D eigenvalue weighted by Gasteiger charge is 2.13. The van der Waals surface area contributed by atoms with Gasteiger partial charge in [0.1, 0.15) is 0 Å². The van der Waals surface area contributed by atoms with Crippen molar-refractivity contribution in [1.29, 1.82) is 0 Å². The first-order valence-corrected chi connectivity index (χ1v) is 8.18. The molecule has 0 fully saturated rings. The maximum Gasteiger partial charge on any atom is 0.0917 e. The molecule has 2 rings (SSSR count). The molecule has 0 spiro atoms. The van der Waals surface area contributed by atoms with Gasteiger partial charge in [-0.2, -0.15) is 0 Å². The quantitative estimate of drug-likeness (QED) is 0.802. The lowest BCUT2D eigenvalue weighted by Crippen LogP contribution is -2.29. The van der Waals surface area contributed by atoms with Crippen molar-refractivity contribution in [2.24, 2.45) is 0 Å². The molecule has 0 aliphatic carbocycles. The van der Waals surface area contributed by atoms with E-state index in [0.717, 1.165) is 29.5 Å². The largest absolute Gasteiger partial charge is 0.387 e. The minimum absolute atomic E-state index is 0.460. The molecule has 0 amide bonds. The van der Waals surface area contributed by atoms with Crippen molar-refractivity contribution in [3.8, 4) is 0 Å². The van der Waals surface area contributed by atoms with Crippen LogP contribution in [0.4, 0.5) is 0 Å². The molecular weight excluding hydrogens is 326 g/mol. The third-order valence-electron chi connectivity index (χ3n) is 3.45. The fraction of sp³-hybridized carbons (Fsp3) is 0.333. The van der Waals surface area contributed by atoms with E-state index >= 15 is 0 Å². The van der Waals surface area contributed by atoms with Gasteiger partial charge in [0.2, 0.25) is 0 Å². The zero-order chi connectivity index (χ0) is 15.1. The van der Waals surface area contributed by atoms with Gasteiger partial charge in [0, 0.05) is 17.6 Å². The Morgan fingerprint density at radius 3 is 2.52 bits per heavy atom. The molecule has 2 aromatic carbocycles. The number of aliphatic hydroxyl groups is 1. The van der Waals surface area contributed by atoms with Gasteiger partial charge in [0.05, 0.1) is 6.10 Å². The molecule has 2 nitrogen and oxygen atoms in total. The van der Waals surface area contributed by atoms with Gasteiger partial charge >= 0.3 is 0 Å². The minimum Gasteiger partial charge on any atom is -0.387 e. The lowest BCUT2D eigenvalue weighted by molar-refractivity contribution is 0.109. The van der Waals surface area contributed by atoms with Crippen molar-refractivity contribution < 1.29 is 5.11 Å². The fourth-order valence-electron chi connectivity index (χ4n) is 2.46. The standard InChI is InChI=1S/C18H22BrNO/c1-2-11-20(13-15-7-4-3-5-8-15)14-18(21)16-9-6-10-17(19)12-16/h3-10,12,18,21H,2,11,13-14H2,1H3/t18-/m0/s1. The van der Waals surface area contributed by atoms with E-state index in [1.54, 1.807) is 0 Å². The molecule has 0 aliphatic rings. The van der Waals surface area contributed by atoms with Crippen LogP contribution in [0.1, 0.15) is 30.6 Å². The second-order valence-electron chi connectivity index (χ2n) is 5.29. The summed E-state index contributed by atoms with van der Waals surface area (Å²) in [5.41, 5.74) is 2.24. The van der Waals surface area contributed by atoms with Crippen LogP contribution in [0.25, 0.3) is 0 Å². The summed E-state index contributed by atoms with van der Waals surface area (Å²) in [5.74, 6) is 0. The number of hydrogen-bond acceptors (Lipinski definition) is 2. The van der Waals surface area contributed by atoms with Crippen LogP contribution in [0, 0.1) is 0 Å². The first-order chi connectivity index (χ1) is 10.2. The van der Waals surface area contributed by atoms with Gasteiger partial charge in [0.25, 0.3) is 0 Å². The maximum absolute atomic E-state index is 10.5. The highest BCUT2D eigenvalue weighted by Crippen LogP contribution is 2.20. The number of nitrogens with zero attached hydrogens (tertiary/aromatic N) is 1. The topological polar surface area (TPSA) is 23.5 Å². The highest BCUT2D eigenvalue weighted by molar-refractivity contribution is 9.10. The molecular formula is C18H22BrNO. The van der Waals surface area contributed by atoms with Gasteiger partial charge in [0.15, 0.2) is 0 Å². The lowest BCUT2D eigenvalue weighted by Gasteiger charge is -2.25.